The van der Waals surface area contributed by atoms with Crippen molar-refractivity contribution >= 4 is 19.8 Å². The van der Waals surface area contributed by atoms with Crippen molar-refractivity contribution in [1.29, 1.82) is 0 Å². The molecular weight excluding hydrogens is 139 g/mol. The van der Waals surface area contributed by atoms with Crippen LogP contribution in [0.3, 0.4) is 0 Å². The summed E-state index contributed by atoms with van der Waals surface area (Å²) in [5, 5.41) is 24.3. The third kappa shape index (κ3) is 1.81. The molecule has 52 valence electrons. The van der Waals surface area contributed by atoms with E-state index in [1.165, 1.54) is 0 Å². The molecule has 0 fully saturated rings. The van der Waals surface area contributed by atoms with Crippen molar-refractivity contribution in [1.82, 2.24) is 0 Å². The highest BCUT2D eigenvalue weighted by atomic mass is 16.4. The summed E-state index contributed by atoms with van der Waals surface area (Å²) in [5.41, 5.74) is -1.08. The van der Waals surface area contributed by atoms with Gasteiger partial charge in [-0.2, -0.15) is 0 Å². The zero-order valence-electron chi connectivity index (χ0n) is 4.74. The predicted molar refractivity (Wildman–Crippen MR) is 30.7 cm³/mol. The standard InChI is InChI=1S/C4H3BO5/c5-1(3(7)8)2(6)4(9)10/h6H,(H,7,8)(H,9,10)/b2-1+. The first-order valence-corrected chi connectivity index (χ1v) is 2.12. The summed E-state index contributed by atoms with van der Waals surface area (Å²) in [7, 11) is 4.61. The fourth-order valence-electron chi connectivity index (χ4n) is 0.216. The van der Waals surface area contributed by atoms with Gasteiger partial charge in [0.15, 0.2) is 0 Å². The van der Waals surface area contributed by atoms with E-state index in [-0.39, 0.29) is 0 Å². The van der Waals surface area contributed by atoms with Gasteiger partial charge in [0.2, 0.25) is 5.76 Å². The summed E-state index contributed by atoms with van der Waals surface area (Å²) in [6.07, 6.45) is 0. The van der Waals surface area contributed by atoms with Crippen molar-refractivity contribution in [2.75, 3.05) is 0 Å². The number of hydrogen-bond acceptors (Lipinski definition) is 3. The van der Waals surface area contributed by atoms with E-state index in [2.05, 4.69) is 7.85 Å². The number of aliphatic carboxylic acids is 2. The molecule has 2 radical (unpaired) electrons. The number of hydrogen-bond donors (Lipinski definition) is 3. The molecule has 0 aromatic heterocycles. The number of carboxylic acids is 2. The maximum atomic E-state index is 9.84. The van der Waals surface area contributed by atoms with E-state index < -0.39 is 23.2 Å². The van der Waals surface area contributed by atoms with Crippen LogP contribution in [0.5, 0.6) is 0 Å². The molecule has 0 aromatic carbocycles. The Morgan fingerprint density at radius 1 is 1.00 bits per heavy atom. The highest BCUT2D eigenvalue weighted by Gasteiger charge is 2.12. The van der Waals surface area contributed by atoms with E-state index >= 15 is 0 Å². The minimum atomic E-state index is -1.76. The van der Waals surface area contributed by atoms with Crippen LogP contribution >= 0.6 is 0 Å². The highest BCUT2D eigenvalue weighted by Crippen LogP contribution is 1.95. The van der Waals surface area contributed by atoms with Crippen LogP contribution in [-0.4, -0.2) is 35.1 Å². The van der Waals surface area contributed by atoms with Gasteiger partial charge in [-0.05, 0) is 0 Å². The van der Waals surface area contributed by atoms with Gasteiger partial charge in [-0.3, -0.25) is 0 Å². The summed E-state index contributed by atoms with van der Waals surface area (Å²) < 4.78 is 0. The molecule has 0 rings (SSSR count). The van der Waals surface area contributed by atoms with Crippen LogP contribution in [0.4, 0.5) is 0 Å². The highest BCUT2D eigenvalue weighted by molar-refractivity contribution is 6.36. The third-order valence-electron chi connectivity index (χ3n) is 0.688. The fraction of sp³-hybridized carbons (Fsp3) is 0. The molecule has 0 heterocycles. The van der Waals surface area contributed by atoms with Crippen molar-refractivity contribution in [2.45, 2.75) is 0 Å². The van der Waals surface area contributed by atoms with Gasteiger partial charge in [-0.15, -0.1) is 0 Å². The molecule has 0 aliphatic carbocycles. The van der Waals surface area contributed by atoms with Gasteiger partial charge in [0.05, 0.1) is 0 Å². The van der Waals surface area contributed by atoms with Crippen LogP contribution in [0.2, 0.25) is 0 Å². The van der Waals surface area contributed by atoms with Crippen LogP contribution in [0.15, 0.2) is 11.2 Å². The summed E-state index contributed by atoms with van der Waals surface area (Å²) in [4.78, 5) is 19.6. The molecule has 0 aliphatic rings. The first-order valence-electron chi connectivity index (χ1n) is 2.12. The summed E-state index contributed by atoms with van der Waals surface area (Å²) in [6, 6.07) is 0. The summed E-state index contributed by atoms with van der Waals surface area (Å²) in [5.74, 6) is -4.78. The second-order valence-electron chi connectivity index (χ2n) is 1.37. The number of rotatable bonds is 2. The van der Waals surface area contributed by atoms with Gasteiger partial charge < -0.3 is 15.3 Å². The molecule has 0 bridgehead atoms. The summed E-state index contributed by atoms with van der Waals surface area (Å²) in [6.45, 7) is 0. The zero-order valence-corrected chi connectivity index (χ0v) is 4.74. The normalized spacial score (nSPS) is 12.0. The predicted octanol–water partition coefficient (Wildman–Crippen LogP) is -0.906. The Morgan fingerprint density at radius 3 is 1.50 bits per heavy atom. The topological polar surface area (TPSA) is 94.8 Å². The molecule has 0 amide bonds. The van der Waals surface area contributed by atoms with Crippen molar-refractivity contribution in [3.8, 4) is 0 Å². The Balaban J connectivity index is 4.67. The summed E-state index contributed by atoms with van der Waals surface area (Å²) >= 11 is 0. The van der Waals surface area contributed by atoms with Crippen molar-refractivity contribution in [3.63, 3.8) is 0 Å². The van der Waals surface area contributed by atoms with Crippen LogP contribution in [0.25, 0.3) is 0 Å². The Labute approximate surface area is 57.0 Å². The van der Waals surface area contributed by atoms with E-state index in [4.69, 9.17) is 15.3 Å². The van der Waals surface area contributed by atoms with Crippen LogP contribution in [-0.2, 0) is 9.59 Å². The van der Waals surface area contributed by atoms with Crippen LogP contribution in [0, 0.1) is 0 Å². The Bertz CT molecular complexity index is 184. The maximum Gasteiger partial charge on any atom is 0.370 e. The molecule has 0 saturated heterocycles. The third-order valence-corrected chi connectivity index (χ3v) is 0.688. The lowest BCUT2D eigenvalue weighted by molar-refractivity contribution is -0.137. The van der Waals surface area contributed by atoms with Gasteiger partial charge in [0.1, 0.15) is 7.85 Å². The molecule has 0 atom stereocenters. The molecule has 5 nitrogen and oxygen atoms in total. The minimum absolute atomic E-state index is 1.08. The fourth-order valence-corrected chi connectivity index (χ4v) is 0.216. The average molecular weight is 142 g/mol. The van der Waals surface area contributed by atoms with Crippen molar-refractivity contribution < 1.29 is 24.9 Å². The van der Waals surface area contributed by atoms with Gasteiger partial charge in [-0.1, -0.05) is 0 Å². The lowest BCUT2D eigenvalue weighted by Crippen LogP contribution is -2.10. The molecule has 3 N–H and O–H groups in total. The Kier molecular flexibility index (Phi) is 2.48. The van der Waals surface area contributed by atoms with Gasteiger partial charge in [0, 0.05) is 5.47 Å². The lowest BCUT2D eigenvalue weighted by Gasteiger charge is -1.94. The SMILES string of the molecule is [B]/C(C(=O)O)=C(/O)C(=O)O. The largest absolute Gasteiger partial charge is 0.502 e. The van der Waals surface area contributed by atoms with Gasteiger partial charge >= 0.3 is 11.9 Å². The molecule has 10 heavy (non-hydrogen) atoms. The number of carboxylic acid groups (broad SMARTS) is 2. The first kappa shape index (κ1) is 8.54. The molecule has 0 aliphatic heterocycles. The molecular formula is C4H3BO5. The van der Waals surface area contributed by atoms with E-state index in [1.807, 2.05) is 0 Å². The van der Waals surface area contributed by atoms with E-state index in [0.717, 1.165) is 0 Å². The zero-order chi connectivity index (χ0) is 8.31. The van der Waals surface area contributed by atoms with Gasteiger partial charge in [0.25, 0.3) is 0 Å². The van der Waals surface area contributed by atoms with Gasteiger partial charge in [-0.25, -0.2) is 9.59 Å². The van der Waals surface area contributed by atoms with Crippen LogP contribution < -0.4 is 0 Å². The second-order valence-corrected chi connectivity index (χ2v) is 1.37. The smallest absolute Gasteiger partial charge is 0.370 e. The van der Waals surface area contributed by atoms with E-state index in [0.29, 0.717) is 0 Å². The van der Waals surface area contributed by atoms with E-state index in [1.54, 1.807) is 0 Å². The quantitative estimate of drug-likeness (QED) is 0.263. The molecule has 0 spiro atoms. The van der Waals surface area contributed by atoms with Crippen molar-refractivity contribution in [2.24, 2.45) is 0 Å². The number of aliphatic hydroxyl groups is 1. The molecule has 0 unspecified atom stereocenters. The molecule has 0 aromatic rings. The second kappa shape index (κ2) is 2.91. The molecule has 6 heteroatoms. The average Bonchev–Trinajstić information content (AvgIpc) is 1.84. The van der Waals surface area contributed by atoms with Crippen LogP contribution in [0.1, 0.15) is 0 Å². The molecule has 0 saturated carbocycles. The number of carbonyl (C=O) groups is 2. The van der Waals surface area contributed by atoms with Crippen molar-refractivity contribution in [3.05, 3.63) is 11.2 Å². The lowest BCUT2D eigenvalue weighted by atomic mass is 9.94. The van der Waals surface area contributed by atoms with E-state index in [9.17, 15) is 9.59 Å². The monoisotopic (exact) mass is 142 g/mol. The maximum absolute atomic E-state index is 9.84. The Morgan fingerprint density at radius 2 is 1.40 bits per heavy atom. The first-order chi connectivity index (χ1) is 4.46. The Hall–Kier alpha value is -1.46. The number of aliphatic hydroxyl groups excluding tert-OH is 1. The minimum Gasteiger partial charge on any atom is -0.502 e.